The van der Waals surface area contributed by atoms with Gasteiger partial charge in [0.1, 0.15) is 0 Å². The lowest BCUT2D eigenvalue weighted by Crippen LogP contribution is -2.33. The van der Waals surface area contributed by atoms with Crippen molar-refractivity contribution in [1.82, 2.24) is 5.32 Å². The van der Waals surface area contributed by atoms with Gasteiger partial charge >= 0.3 is 5.97 Å². The van der Waals surface area contributed by atoms with E-state index in [1.165, 1.54) is 25.0 Å². The molecule has 3 nitrogen and oxygen atoms in total. The van der Waals surface area contributed by atoms with Crippen molar-refractivity contribution in [3.63, 3.8) is 0 Å². The van der Waals surface area contributed by atoms with E-state index in [9.17, 15) is 4.79 Å². The van der Waals surface area contributed by atoms with Gasteiger partial charge in [0, 0.05) is 11.3 Å². The number of hydrogen-bond donors (Lipinski definition) is 1. The fraction of sp³-hybridized carbons (Fsp3) is 0.917. The van der Waals surface area contributed by atoms with Crippen LogP contribution in [0.15, 0.2) is 0 Å². The summed E-state index contributed by atoms with van der Waals surface area (Å²) in [6.45, 7) is 6.31. The normalized spacial score (nSPS) is 25.0. The van der Waals surface area contributed by atoms with Gasteiger partial charge in [-0.25, -0.2) is 0 Å². The van der Waals surface area contributed by atoms with E-state index < -0.39 is 0 Å². The number of esters is 1. The number of ether oxygens (including phenoxy) is 1. The largest absolute Gasteiger partial charge is 0.462 e. The Bertz CT molecular complexity index is 221. The molecule has 16 heavy (non-hydrogen) atoms. The summed E-state index contributed by atoms with van der Waals surface area (Å²) in [6.07, 6.45) is 3.64. The summed E-state index contributed by atoms with van der Waals surface area (Å²) in [4.78, 5) is 11.3. The smallest absolute Gasteiger partial charge is 0.320 e. The second-order valence-corrected chi connectivity index (χ2v) is 6.08. The highest BCUT2D eigenvalue weighted by Crippen LogP contribution is 2.29. The van der Waals surface area contributed by atoms with E-state index in [1.807, 2.05) is 25.6 Å². The Labute approximate surface area is 103 Å². The molecule has 0 radical (unpaired) electrons. The molecule has 0 aromatic carbocycles. The maximum Gasteiger partial charge on any atom is 0.320 e. The SMILES string of the molecule is CCSC1CCC(NCC(=O)OC(C)C)C1. The quantitative estimate of drug-likeness (QED) is 0.728. The molecule has 1 aliphatic rings. The molecular formula is C12H23NO2S. The van der Waals surface area contributed by atoms with E-state index in [0.717, 1.165) is 5.25 Å². The highest BCUT2D eigenvalue weighted by atomic mass is 32.2. The Kier molecular flexibility index (Phi) is 6.21. The molecule has 0 amide bonds. The number of carbonyl (C=O) groups is 1. The highest BCUT2D eigenvalue weighted by molar-refractivity contribution is 7.99. The van der Waals surface area contributed by atoms with E-state index in [0.29, 0.717) is 12.6 Å². The van der Waals surface area contributed by atoms with Gasteiger partial charge in [-0.1, -0.05) is 6.92 Å². The van der Waals surface area contributed by atoms with E-state index in [4.69, 9.17) is 4.74 Å². The molecule has 0 heterocycles. The minimum atomic E-state index is -0.137. The van der Waals surface area contributed by atoms with Crippen LogP contribution in [0.2, 0.25) is 0 Å². The Morgan fingerprint density at radius 2 is 2.25 bits per heavy atom. The van der Waals surface area contributed by atoms with Crippen molar-refractivity contribution in [3.05, 3.63) is 0 Å². The third kappa shape index (κ3) is 5.21. The standard InChI is InChI=1S/C12H23NO2S/c1-4-16-11-6-5-10(7-11)13-8-12(14)15-9(2)3/h9-11,13H,4-8H2,1-3H3. The Morgan fingerprint density at radius 1 is 1.50 bits per heavy atom. The molecule has 0 spiro atoms. The van der Waals surface area contributed by atoms with Gasteiger partial charge in [0.2, 0.25) is 0 Å². The monoisotopic (exact) mass is 245 g/mol. The van der Waals surface area contributed by atoms with Crippen molar-refractivity contribution in [2.45, 2.75) is 57.4 Å². The second kappa shape index (κ2) is 7.17. The zero-order valence-electron chi connectivity index (χ0n) is 10.5. The van der Waals surface area contributed by atoms with Gasteiger partial charge in [-0.15, -0.1) is 0 Å². The molecule has 0 aromatic rings. The third-order valence-electron chi connectivity index (χ3n) is 2.69. The number of carbonyl (C=O) groups excluding carboxylic acids is 1. The predicted molar refractivity (Wildman–Crippen MR) is 68.8 cm³/mol. The first-order chi connectivity index (χ1) is 7.61. The van der Waals surface area contributed by atoms with E-state index in [1.54, 1.807) is 0 Å². The summed E-state index contributed by atoms with van der Waals surface area (Å²) in [5.41, 5.74) is 0. The molecule has 1 saturated carbocycles. The molecule has 2 unspecified atom stereocenters. The number of hydrogen-bond acceptors (Lipinski definition) is 4. The van der Waals surface area contributed by atoms with E-state index in [2.05, 4.69) is 12.2 Å². The van der Waals surface area contributed by atoms with Crippen LogP contribution in [0.1, 0.15) is 40.0 Å². The molecule has 2 atom stereocenters. The summed E-state index contributed by atoms with van der Waals surface area (Å²) in [7, 11) is 0. The van der Waals surface area contributed by atoms with Gasteiger partial charge in [0.05, 0.1) is 12.6 Å². The Balaban J connectivity index is 2.12. The molecule has 1 fully saturated rings. The summed E-state index contributed by atoms with van der Waals surface area (Å²) in [6, 6.07) is 0.503. The van der Waals surface area contributed by atoms with Crippen LogP contribution in [0.4, 0.5) is 0 Å². The highest BCUT2D eigenvalue weighted by Gasteiger charge is 2.24. The van der Waals surface area contributed by atoms with Gasteiger partial charge in [-0.2, -0.15) is 11.8 Å². The van der Waals surface area contributed by atoms with Crippen LogP contribution in [0.5, 0.6) is 0 Å². The van der Waals surface area contributed by atoms with Crippen LogP contribution in [-0.2, 0) is 9.53 Å². The Hall–Kier alpha value is -0.220. The molecule has 0 aliphatic heterocycles. The van der Waals surface area contributed by atoms with Gasteiger partial charge in [-0.3, -0.25) is 4.79 Å². The topological polar surface area (TPSA) is 38.3 Å². The first-order valence-electron chi connectivity index (χ1n) is 6.16. The fourth-order valence-electron chi connectivity index (χ4n) is 2.04. The van der Waals surface area contributed by atoms with E-state index >= 15 is 0 Å². The number of thioether (sulfide) groups is 1. The zero-order chi connectivity index (χ0) is 12.0. The molecule has 0 aromatic heterocycles. The molecule has 0 saturated heterocycles. The van der Waals surface area contributed by atoms with Crippen LogP contribution in [0.25, 0.3) is 0 Å². The zero-order valence-corrected chi connectivity index (χ0v) is 11.3. The summed E-state index contributed by atoms with van der Waals surface area (Å²) in [5.74, 6) is 1.05. The van der Waals surface area contributed by atoms with Gasteiger partial charge in [-0.05, 0) is 38.9 Å². The maximum atomic E-state index is 11.3. The molecule has 1 rings (SSSR count). The molecule has 1 N–H and O–H groups in total. The average molecular weight is 245 g/mol. The average Bonchev–Trinajstić information content (AvgIpc) is 2.62. The van der Waals surface area contributed by atoms with Gasteiger partial charge in [0.25, 0.3) is 0 Å². The molecule has 94 valence electrons. The summed E-state index contributed by atoms with van der Waals surface area (Å²) in [5, 5.41) is 4.07. The van der Waals surface area contributed by atoms with Gasteiger partial charge < -0.3 is 10.1 Å². The first-order valence-corrected chi connectivity index (χ1v) is 7.21. The summed E-state index contributed by atoms with van der Waals surface area (Å²) < 4.78 is 5.08. The van der Waals surface area contributed by atoms with E-state index in [-0.39, 0.29) is 12.1 Å². The predicted octanol–water partition coefficient (Wildman–Crippen LogP) is 2.20. The van der Waals surface area contributed by atoms with Crippen LogP contribution in [-0.4, -0.2) is 35.7 Å². The minimum absolute atomic E-state index is 0.0127. The fourth-order valence-corrected chi connectivity index (χ4v) is 3.19. The molecule has 1 aliphatic carbocycles. The van der Waals surface area contributed by atoms with Crippen LogP contribution < -0.4 is 5.32 Å². The van der Waals surface area contributed by atoms with Crippen LogP contribution in [0.3, 0.4) is 0 Å². The lowest BCUT2D eigenvalue weighted by Gasteiger charge is -2.13. The van der Waals surface area contributed by atoms with Crippen molar-refractivity contribution in [1.29, 1.82) is 0 Å². The molecule has 0 bridgehead atoms. The van der Waals surface area contributed by atoms with Gasteiger partial charge in [0.15, 0.2) is 0 Å². The lowest BCUT2D eigenvalue weighted by atomic mass is 10.2. The van der Waals surface area contributed by atoms with Crippen LogP contribution >= 0.6 is 11.8 Å². The maximum absolute atomic E-state index is 11.3. The van der Waals surface area contributed by atoms with Crippen molar-refractivity contribution in [2.24, 2.45) is 0 Å². The number of nitrogens with one attached hydrogen (secondary N) is 1. The molecular weight excluding hydrogens is 222 g/mol. The van der Waals surface area contributed by atoms with Crippen molar-refractivity contribution < 1.29 is 9.53 Å². The van der Waals surface area contributed by atoms with Crippen molar-refractivity contribution in [2.75, 3.05) is 12.3 Å². The number of rotatable bonds is 6. The third-order valence-corrected chi connectivity index (χ3v) is 3.92. The van der Waals surface area contributed by atoms with Crippen molar-refractivity contribution >= 4 is 17.7 Å². The lowest BCUT2D eigenvalue weighted by molar-refractivity contribution is -0.146. The Morgan fingerprint density at radius 3 is 2.88 bits per heavy atom. The second-order valence-electron chi connectivity index (χ2n) is 4.51. The molecule has 4 heteroatoms. The van der Waals surface area contributed by atoms with Crippen molar-refractivity contribution in [3.8, 4) is 0 Å². The minimum Gasteiger partial charge on any atom is -0.462 e. The first kappa shape index (κ1) is 13.8. The van der Waals surface area contributed by atoms with Crippen LogP contribution in [0, 0.1) is 0 Å². The summed E-state index contributed by atoms with van der Waals surface area (Å²) >= 11 is 2.03.